The number of rotatable bonds is 9. The van der Waals surface area contributed by atoms with E-state index < -0.39 is 0 Å². The normalized spacial score (nSPS) is 11.9. The number of hydrogen-bond acceptors (Lipinski definition) is 3. The van der Waals surface area contributed by atoms with Crippen LogP contribution in [-0.4, -0.2) is 37.6 Å². The molecule has 1 atom stereocenters. The van der Waals surface area contributed by atoms with Crippen LogP contribution in [0.3, 0.4) is 0 Å². The van der Waals surface area contributed by atoms with E-state index in [1.165, 1.54) is 0 Å². The van der Waals surface area contributed by atoms with Crippen LogP contribution in [-0.2, 0) is 4.74 Å². The van der Waals surface area contributed by atoms with Gasteiger partial charge in [0.1, 0.15) is 5.75 Å². The zero-order valence-corrected chi connectivity index (χ0v) is 13.6. The van der Waals surface area contributed by atoms with Gasteiger partial charge in [-0.3, -0.25) is 4.79 Å². The van der Waals surface area contributed by atoms with Crippen molar-refractivity contribution in [3.8, 4) is 5.75 Å². The Morgan fingerprint density at radius 3 is 2.95 bits per heavy atom. The van der Waals surface area contributed by atoms with Gasteiger partial charge in [0.25, 0.3) is 5.91 Å². The number of ether oxygens (including phenoxy) is 2. The van der Waals surface area contributed by atoms with Crippen LogP contribution in [0.2, 0.25) is 0 Å². The van der Waals surface area contributed by atoms with Crippen molar-refractivity contribution in [2.75, 3.05) is 26.9 Å². The van der Waals surface area contributed by atoms with Crippen LogP contribution in [0.1, 0.15) is 30.1 Å². The van der Waals surface area contributed by atoms with E-state index in [2.05, 4.69) is 21.2 Å². The summed E-state index contributed by atoms with van der Waals surface area (Å²) >= 11 is 3.49. The quantitative estimate of drug-likeness (QED) is 0.701. The molecular weight excluding hydrogens is 322 g/mol. The average Bonchev–Trinajstić information content (AvgIpc) is 2.45. The van der Waals surface area contributed by atoms with E-state index in [-0.39, 0.29) is 10.7 Å². The van der Waals surface area contributed by atoms with Crippen LogP contribution < -0.4 is 10.1 Å². The molecule has 20 heavy (non-hydrogen) atoms. The van der Waals surface area contributed by atoms with Gasteiger partial charge in [-0.25, -0.2) is 0 Å². The lowest BCUT2D eigenvalue weighted by Gasteiger charge is -2.10. The summed E-state index contributed by atoms with van der Waals surface area (Å²) in [6.45, 7) is 3.95. The predicted octanol–water partition coefficient (Wildman–Crippen LogP) is 3.01. The number of alkyl halides is 1. The summed E-state index contributed by atoms with van der Waals surface area (Å²) < 4.78 is 10.5. The molecule has 0 saturated carbocycles. The summed E-state index contributed by atoms with van der Waals surface area (Å²) in [7, 11) is 1.66. The van der Waals surface area contributed by atoms with E-state index >= 15 is 0 Å². The first-order chi connectivity index (χ1) is 9.67. The number of hydrogen-bond donors (Lipinski definition) is 1. The van der Waals surface area contributed by atoms with Crippen molar-refractivity contribution in [2.45, 2.75) is 24.6 Å². The van der Waals surface area contributed by atoms with Crippen molar-refractivity contribution in [3.63, 3.8) is 0 Å². The molecule has 0 aliphatic rings. The molecule has 1 rings (SSSR count). The number of nitrogens with one attached hydrogen (secondary N) is 1. The number of halogens is 1. The van der Waals surface area contributed by atoms with Gasteiger partial charge in [0.15, 0.2) is 0 Å². The highest BCUT2D eigenvalue weighted by Gasteiger charge is 2.08. The Hall–Kier alpha value is -1.07. The van der Waals surface area contributed by atoms with Crippen molar-refractivity contribution in [3.05, 3.63) is 29.8 Å². The second-order valence-electron chi connectivity index (χ2n) is 4.47. The molecule has 1 unspecified atom stereocenters. The number of carbonyl (C=O) groups excluding carboxylic acids is 1. The molecule has 0 heterocycles. The molecule has 0 fully saturated rings. The minimum Gasteiger partial charge on any atom is -0.494 e. The first kappa shape index (κ1) is 17.0. The van der Waals surface area contributed by atoms with Crippen molar-refractivity contribution < 1.29 is 14.3 Å². The lowest BCUT2D eigenvalue weighted by atomic mass is 10.2. The van der Waals surface area contributed by atoms with E-state index in [0.29, 0.717) is 25.3 Å². The maximum absolute atomic E-state index is 12.0. The Balaban J connectivity index is 2.42. The molecule has 1 amide bonds. The molecule has 1 aromatic rings. The molecule has 1 N–H and O–H groups in total. The summed E-state index contributed by atoms with van der Waals surface area (Å²) in [6.07, 6.45) is 1.77. The highest BCUT2D eigenvalue weighted by atomic mass is 79.9. The summed E-state index contributed by atoms with van der Waals surface area (Å²) in [5.41, 5.74) is 0.622. The summed E-state index contributed by atoms with van der Waals surface area (Å²) in [6, 6.07) is 7.25. The smallest absolute Gasteiger partial charge is 0.251 e. The molecule has 4 nitrogen and oxygen atoms in total. The summed E-state index contributed by atoms with van der Waals surface area (Å²) in [5, 5.41) is 2.89. The second-order valence-corrected chi connectivity index (χ2v) is 5.77. The summed E-state index contributed by atoms with van der Waals surface area (Å²) in [4.78, 5) is 12.3. The zero-order chi connectivity index (χ0) is 14.8. The third-order valence-electron chi connectivity index (χ3n) is 2.66. The SMILES string of the molecule is CCCOc1cccc(C(=O)NCCC(Br)COC)c1. The van der Waals surface area contributed by atoms with Crippen LogP contribution in [0.5, 0.6) is 5.75 Å². The molecule has 0 aliphatic carbocycles. The van der Waals surface area contributed by atoms with Gasteiger partial charge < -0.3 is 14.8 Å². The third-order valence-corrected chi connectivity index (χ3v) is 3.38. The third kappa shape index (κ3) is 6.39. The van der Waals surface area contributed by atoms with Gasteiger partial charge in [-0.2, -0.15) is 0 Å². The Bertz CT molecular complexity index is 412. The van der Waals surface area contributed by atoms with Crippen LogP contribution in [0.15, 0.2) is 24.3 Å². The van der Waals surface area contributed by atoms with Crippen LogP contribution in [0, 0.1) is 0 Å². The zero-order valence-electron chi connectivity index (χ0n) is 12.0. The topological polar surface area (TPSA) is 47.6 Å². The van der Waals surface area contributed by atoms with Gasteiger partial charge >= 0.3 is 0 Å². The molecule has 1 aromatic carbocycles. The fraction of sp³-hybridized carbons (Fsp3) is 0.533. The van der Waals surface area contributed by atoms with Gasteiger partial charge in [-0.15, -0.1) is 0 Å². The predicted molar refractivity (Wildman–Crippen MR) is 83.8 cm³/mol. The first-order valence-corrected chi connectivity index (χ1v) is 7.73. The Morgan fingerprint density at radius 1 is 1.45 bits per heavy atom. The van der Waals surface area contributed by atoms with E-state index in [1.807, 2.05) is 19.1 Å². The van der Waals surface area contributed by atoms with Crippen molar-refractivity contribution in [2.24, 2.45) is 0 Å². The van der Waals surface area contributed by atoms with E-state index in [9.17, 15) is 4.79 Å². The minimum atomic E-state index is -0.0796. The minimum absolute atomic E-state index is 0.0796. The van der Waals surface area contributed by atoms with Gasteiger partial charge in [0.2, 0.25) is 0 Å². The maximum atomic E-state index is 12.0. The van der Waals surface area contributed by atoms with Gasteiger partial charge in [0, 0.05) is 24.0 Å². The van der Waals surface area contributed by atoms with Gasteiger partial charge in [0.05, 0.1) is 13.2 Å². The number of carbonyl (C=O) groups is 1. The Kier molecular flexibility index (Phi) is 8.30. The van der Waals surface area contributed by atoms with Crippen molar-refractivity contribution in [1.29, 1.82) is 0 Å². The van der Waals surface area contributed by atoms with E-state index in [0.717, 1.165) is 18.6 Å². The highest BCUT2D eigenvalue weighted by molar-refractivity contribution is 9.09. The maximum Gasteiger partial charge on any atom is 0.251 e. The second kappa shape index (κ2) is 9.77. The molecule has 0 radical (unpaired) electrons. The number of amides is 1. The van der Waals surface area contributed by atoms with E-state index in [4.69, 9.17) is 9.47 Å². The monoisotopic (exact) mass is 343 g/mol. The largest absolute Gasteiger partial charge is 0.494 e. The standard InChI is InChI=1S/C15H22BrNO3/c1-3-9-20-14-6-4-5-12(10-14)15(18)17-8-7-13(16)11-19-2/h4-6,10,13H,3,7-9,11H2,1-2H3,(H,17,18). The Labute approximate surface area is 129 Å². The molecular formula is C15H22BrNO3. The molecule has 0 aromatic heterocycles. The fourth-order valence-electron chi connectivity index (χ4n) is 1.66. The summed E-state index contributed by atoms with van der Waals surface area (Å²) in [5.74, 6) is 0.654. The van der Waals surface area contributed by atoms with Crippen LogP contribution in [0.4, 0.5) is 0 Å². The molecule has 112 valence electrons. The van der Waals surface area contributed by atoms with Gasteiger partial charge in [-0.05, 0) is 31.0 Å². The van der Waals surface area contributed by atoms with Crippen molar-refractivity contribution >= 4 is 21.8 Å². The number of benzene rings is 1. The average molecular weight is 344 g/mol. The first-order valence-electron chi connectivity index (χ1n) is 6.81. The van der Waals surface area contributed by atoms with Crippen LogP contribution in [0.25, 0.3) is 0 Å². The molecule has 0 saturated heterocycles. The lowest BCUT2D eigenvalue weighted by molar-refractivity contribution is 0.0951. The van der Waals surface area contributed by atoms with E-state index in [1.54, 1.807) is 19.2 Å². The molecule has 0 aliphatic heterocycles. The lowest BCUT2D eigenvalue weighted by Crippen LogP contribution is -2.26. The van der Waals surface area contributed by atoms with Crippen molar-refractivity contribution in [1.82, 2.24) is 5.32 Å². The van der Waals surface area contributed by atoms with Crippen LogP contribution >= 0.6 is 15.9 Å². The van der Waals surface area contributed by atoms with Gasteiger partial charge in [-0.1, -0.05) is 28.9 Å². The fourth-order valence-corrected chi connectivity index (χ4v) is 2.15. The number of methoxy groups -OCH3 is 1. The molecule has 0 spiro atoms. The molecule has 5 heteroatoms. The Morgan fingerprint density at radius 2 is 2.25 bits per heavy atom. The molecule has 0 bridgehead atoms. The highest BCUT2D eigenvalue weighted by Crippen LogP contribution is 2.13.